The van der Waals surface area contributed by atoms with E-state index in [0.29, 0.717) is 0 Å². The van der Waals surface area contributed by atoms with E-state index in [-0.39, 0.29) is 30.9 Å². The average Bonchev–Trinajstić information content (AvgIpc) is 2.37. The lowest BCUT2D eigenvalue weighted by Crippen LogP contribution is -2.32. The summed E-state index contributed by atoms with van der Waals surface area (Å²) >= 11 is 0. The van der Waals surface area contributed by atoms with Gasteiger partial charge in [-0.1, -0.05) is 6.07 Å². The molecule has 1 atom stereocenters. The predicted molar refractivity (Wildman–Crippen MR) is 61.7 cm³/mol. The number of nitrogens with two attached hydrogens (primary N) is 1. The van der Waals surface area contributed by atoms with E-state index in [1.165, 1.54) is 6.07 Å². The van der Waals surface area contributed by atoms with Gasteiger partial charge < -0.3 is 20.3 Å². The van der Waals surface area contributed by atoms with Crippen LogP contribution in [-0.2, 0) is 17.4 Å². The molecular weight excluding hydrogens is 279 g/mol. The van der Waals surface area contributed by atoms with Gasteiger partial charge in [0, 0.05) is 12.0 Å². The first-order valence-electron chi connectivity index (χ1n) is 5.77. The van der Waals surface area contributed by atoms with E-state index >= 15 is 0 Å². The van der Waals surface area contributed by atoms with Gasteiger partial charge in [0.05, 0.1) is 0 Å². The molecule has 0 aromatic heterocycles. The van der Waals surface area contributed by atoms with E-state index in [9.17, 15) is 18.0 Å². The van der Waals surface area contributed by atoms with Gasteiger partial charge in [0.2, 0.25) is 0 Å². The van der Waals surface area contributed by atoms with Crippen molar-refractivity contribution in [1.29, 1.82) is 0 Å². The number of hydrogen-bond acceptors (Lipinski definition) is 4. The first-order valence-corrected chi connectivity index (χ1v) is 5.77. The average molecular weight is 291 g/mol. The van der Waals surface area contributed by atoms with Gasteiger partial charge >= 0.3 is 12.1 Å². The summed E-state index contributed by atoms with van der Waals surface area (Å²) in [6.45, 7) is 0.105. The van der Waals surface area contributed by atoms with Gasteiger partial charge in [-0.3, -0.25) is 4.79 Å². The fourth-order valence-electron chi connectivity index (χ4n) is 1.90. The quantitative estimate of drug-likeness (QED) is 0.880. The second-order valence-corrected chi connectivity index (χ2v) is 4.27. The van der Waals surface area contributed by atoms with Crippen molar-refractivity contribution < 1.29 is 32.5 Å². The number of hydrogen-bond donors (Lipinski definition) is 2. The fraction of sp³-hybridized carbons (Fsp3) is 0.417. The molecule has 0 radical (unpaired) electrons. The Bertz CT molecular complexity index is 530. The van der Waals surface area contributed by atoms with Crippen molar-refractivity contribution in [1.82, 2.24) is 0 Å². The van der Waals surface area contributed by atoms with E-state index in [1.807, 2.05) is 0 Å². The first-order chi connectivity index (χ1) is 9.30. The number of ether oxygens (including phenoxy) is 2. The van der Waals surface area contributed by atoms with Crippen molar-refractivity contribution >= 4 is 5.97 Å². The van der Waals surface area contributed by atoms with Crippen molar-refractivity contribution in [2.75, 3.05) is 13.2 Å². The van der Waals surface area contributed by atoms with Crippen LogP contribution in [0, 0.1) is 0 Å². The van der Waals surface area contributed by atoms with Gasteiger partial charge in [-0.15, -0.1) is 0 Å². The van der Waals surface area contributed by atoms with Crippen LogP contribution >= 0.6 is 0 Å². The van der Waals surface area contributed by atoms with E-state index < -0.39 is 29.5 Å². The first kappa shape index (κ1) is 14.4. The third kappa shape index (κ3) is 2.79. The molecule has 0 amide bonds. The third-order valence-electron chi connectivity index (χ3n) is 2.83. The minimum absolute atomic E-state index is 0.00448. The summed E-state index contributed by atoms with van der Waals surface area (Å²) in [6, 6.07) is 0.790. The standard InChI is InChI=1S/C12H12F3NO4/c13-12(14,15)7-2-1-6(5-8(16)11(17)18)9-10(7)20-4-3-19-9/h1-2,8H,3-5,16H2,(H,17,18). The summed E-state index contributed by atoms with van der Waals surface area (Å²) in [6.07, 6.45) is -4.71. The smallest absolute Gasteiger partial charge is 0.420 e. The normalized spacial score (nSPS) is 15.8. The highest BCUT2D eigenvalue weighted by Crippen LogP contribution is 2.44. The fourth-order valence-corrected chi connectivity index (χ4v) is 1.90. The van der Waals surface area contributed by atoms with Crippen molar-refractivity contribution in [3.63, 3.8) is 0 Å². The van der Waals surface area contributed by atoms with Gasteiger partial charge in [0.25, 0.3) is 0 Å². The molecule has 0 fully saturated rings. The van der Waals surface area contributed by atoms with Gasteiger partial charge in [-0.2, -0.15) is 13.2 Å². The molecule has 0 saturated carbocycles. The van der Waals surface area contributed by atoms with Crippen LogP contribution in [0.2, 0.25) is 0 Å². The Labute approximate surface area is 112 Å². The van der Waals surface area contributed by atoms with E-state index in [1.54, 1.807) is 0 Å². The summed E-state index contributed by atoms with van der Waals surface area (Å²) in [4.78, 5) is 10.7. The van der Waals surface area contributed by atoms with E-state index in [2.05, 4.69) is 0 Å². The Morgan fingerprint density at radius 3 is 2.45 bits per heavy atom. The molecule has 2 rings (SSSR count). The Hall–Kier alpha value is -1.96. The molecule has 1 aliphatic heterocycles. The maximum Gasteiger partial charge on any atom is 0.420 e. The van der Waals surface area contributed by atoms with Crippen LogP contribution in [0.4, 0.5) is 13.2 Å². The largest absolute Gasteiger partial charge is 0.486 e. The molecule has 0 aliphatic carbocycles. The Kier molecular flexibility index (Phi) is 3.76. The SMILES string of the molecule is NC(Cc1ccc(C(F)(F)F)c2c1OCCO2)C(=O)O. The highest BCUT2D eigenvalue weighted by atomic mass is 19.4. The van der Waals surface area contributed by atoms with Crippen LogP contribution in [0.3, 0.4) is 0 Å². The number of fused-ring (bicyclic) bond motifs is 1. The second kappa shape index (κ2) is 5.20. The number of carbonyl (C=O) groups is 1. The van der Waals surface area contributed by atoms with Crippen LogP contribution in [0.15, 0.2) is 12.1 Å². The molecule has 1 aromatic carbocycles. The summed E-state index contributed by atoms with van der Waals surface area (Å²) in [7, 11) is 0. The maximum absolute atomic E-state index is 12.8. The molecule has 20 heavy (non-hydrogen) atoms. The lowest BCUT2D eigenvalue weighted by atomic mass is 10.0. The molecular formula is C12H12F3NO4. The zero-order valence-corrected chi connectivity index (χ0v) is 10.2. The molecule has 0 spiro atoms. The Morgan fingerprint density at radius 2 is 1.90 bits per heavy atom. The monoisotopic (exact) mass is 291 g/mol. The molecule has 8 heteroatoms. The number of benzene rings is 1. The maximum atomic E-state index is 12.8. The molecule has 3 N–H and O–H groups in total. The van der Waals surface area contributed by atoms with Crippen LogP contribution < -0.4 is 15.2 Å². The lowest BCUT2D eigenvalue weighted by molar-refractivity contribution is -0.140. The predicted octanol–water partition coefficient (Wildman–Crippen LogP) is 1.43. The number of aliphatic carboxylic acids is 1. The van der Waals surface area contributed by atoms with Crippen LogP contribution in [0.25, 0.3) is 0 Å². The summed E-state index contributed by atoms with van der Waals surface area (Å²) in [5, 5.41) is 8.75. The highest BCUT2D eigenvalue weighted by molar-refractivity contribution is 5.74. The number of halogens is 3. The topological polar surface area (TPSA) is 81.8 Å². The third-order valence-corrected chi connectivity index (χ3v) is 2.83. The summed E-state index contributed by atoms with van der Waals surface area (Å²) in [5.74, 6) is -1.73. The molecule has 0 saturated heterocycles. The molecule has 0 bridgehead atoms. The van der Waals surface area contributed by atoms with Crippen molar-refractivity contribution in [3.8, 4) is 11.5 Å². The van der Waals surface area contributed by atoms with Crippen molar-refractivity contribution in [2.24, 2.45) is 5.73 Å². The van der Waals surface area contributed by atoms with E-state index in [4.69, 9.17) is 20.3 Å². The molecule has 1 unspecified atom stereocenters. The van der Waals surface area contributed by atoms with Gasteiger partial charge in [-0.05, 0) is 6.07 Å². The Balaban J connectivity index is 2.43. The Morgan fingerprint density at radius 1 is 1.30 bits per heavy atom. The van der Waals surface area contributed by atoms with Gasteiger partial charge in [0.15, 0.2) is 11.5 Å². The second-order valence-electron chi connectivity index (χ2n) is 4.27. The number of carboxylic acid groups (broad SMARTS) is 1. The number of carboxylic acids is 1. The molecule has 1 aromatic rings. The summed E-state index contributed by atoms with van der Waals surface area (Å²) < 4.78 is 48.8. The molecule has 1 aliphatic rings. The van der Waals surface area contributed by atoms with Crippen molar-refractivity contribution in [2.45, 2.75) is 18.6 Å². The minimum atomic E-state index is -4.57. The zero-order valence-electron chi connectivity index (χ0n) is 10.2. The molecule has 110 valence electrons. The summed E-state index contributed by atoms with van der Waals surface area (Å²) in [5.41, 5.74) is 4.72. The minimum Gasteiger partial charge on any atom is -0.486 e. The lowest BCUT2D eigenvalue weighted by Gasteiger charge is -2.24. The van der Waals surface area contributed by atoms with Crippen LogP contribution in [0.1, 0.15) is 11.1 Å². The highest BCUT2D eigenvalue weighted by Gasteiger charge is 2.38. The van der Waals surface area contributed by atoms with Crippen molar-refractivity contribution in [3.05, 3.63) is 23.3 Å². The van der Waals surface area contributed by atoms with E-state index in [0.717, 1.165) is 6.07 Å². The zero-order chi connectivity index (χ0) is 14.9. The van der Waals surface area contributed by atoms with Gasteiger partial charge in [-0.25, -0.2) is 0 Å². The molecule has 1 heterocycles. The van der Waals surface area contributed by atoms with Gasteiger partial charge in [0.1, 0.15) is 24.8 Å². The number of alkyl halides is 3. The molecule has 5 nitrogen and oxygen atoms in total. The van der Waals surface area contributed by atoms with Crippen LogP contribution in [-0.4, -0.2) is 30.3 Å². The van der Waals surface area contributed by atoms with Crippen LogP contribution in [0.5, 0.6) is 11.5 Å². The number of rotatable bonds is 3.